The van der Waals surface area contributed by atoms with Crippen LogP contribution in [0.1, 0.15) is 48.5 Å². The fourth-order valence-electron chi connectivity index (χ4n) is 4.22. The number of aliphatic hydroxyl groups excluding tert-OH is 1. The van der Waals surface area contributed by atoms with E-state index < -0.39 is 11.6 Å². The van der Waals surface area contributed by atoms with Crippen LogP contribution >= 0.6 is 0 Å². The standard InChI is InChI=1S/C19H24N2O3/c1-11-7-12(2)9-13(8-11)16(22)10-21-17(23)19(14-3-4-14,15-5-6-15)20-18(21)24/h7-9,14-16,22H,3-6,10H2,1-2H3,(H,20,24)/t16-/m1/s1. The second kappa shape index (κ2) is 5.31. The van der Waals surface area contributed by atoms with Gasteiger partial charge in [-0.05, 0) is 56.9 Å². The number of β-amino-alcohol motifs (C(OH)–C–C–N with tert-alkyl or cyclic N) is 1. The van der Waals surface area contributed by atoms with Crippen molar-refractivity contribution in [1.29, 1.82) is 0 Å². The Morgan fingerprint density at radius 2 is 1.67 bits per heavy atom. The van der Waals surface area contributed by atoms with Gasteiger partial charge in [-0.1, -0.05) is 29.3 Å². The highest BCUT2D eigenvalue weighted by Gasteiger charge is 2.65. The Hall–Kier alpha value is -1.88. The largest absolute Gasteiger partial charge is 0.387 e. The fraction of sp³-hybridized carbons (Fsp3) is 0.579. The molecule has 2 saturated carbocycles. The third kappa shape index (κ3) is 2.42. The third-order valence-corrected chi connectivity index (χ3v) is 5.58. The number of urea groups is 1. The highest BCUT2D eigenvalue weighted by Crippen LogP contribution is 2.54. The van der Waals surface area contributed by atoms with Gasteiger partial charge in [-0.3, -0.25) is 9.69 Å². The summed E-state index contributed by atoms with van der Waals surface area (Å²) in [7, 11) is 0. The van der Waals surface area contributed by atoms with Crippen LogP contribution in [0.25, 0.3) is 0 Å². The predicted octanol–water partition coefficient (Wildman–Crippen LogP) is 2.45. The summed E-state index contributed by atoms with van der Waals surface area (Å²) < 4.78 is 0. The average Bonchev–Trinajstić information content (AvgIpc) is 3.40. The summed E-state index contributed by atoms with van der Waals surface area (Å²) in [5.41, 5.74) is 2.20. The first-order valence-corrected chi connectivity index (χ1v) is 8.82. The molecule has 0 bridgehead atoms. The first-order chi connectivity index (χ1) is 11.4. The molecule has 128 valence electrons. The van der Waals surface area contributed by atoms with Gasteiger partial charge in [0.1, 0.15) is 5.54 Å². The Balaban J connectivity index is 1.56. The van der Waals surface area contributed by atoms with E-state index in [0.29, 0.717) is 0 Å². The monoisotopic (exact) mass is 328 g/mol. The quantitative estimate of drug-likeness (QED) is 0.816. The minimum atomic E-state index is -0.854. The van der Waals surface area contributed by atoms with Gasteiger partial charge in [-0.15, -0.1) is 0 Å². The molecule has 0 aromatic heterocycles. The Morgan fingerprint density at radius 3 is 2.17 bits per heavy atom. The van der Waals surface area contributed by atoms with Crippen molar-refractivity contribution >= 4 is 11.9 Å². The number of nitrogens with one attached hydrogen (secondary N) is 1. The lowest BCUT2D eigenvalue weighted by Gasteiger charge is -2.27. The molecule has 4 rings (SSSR count). The number of hydrogen-bond donors (Lipinski definition) is 2. The van der Waals surface area contributed by atoms with E-state index in [2.05, 4.69) is 5.32 Å². The van der Waals surface area contributed by atoms with Crippen molar-refractivity contribution in [3.05, 3.63) is 34.9 Å². The van der Waals surface area contributed by atoms with Crippen LogP contribution in [0.3, 0.4) is 0 Å². The molecule has 0 spiro atoms. The van der Waals surface area contributed by atoms with E-state index in [0.717, 1.165) is 42.4 Å². The number of benzene rings is 1. The molecule has 1 aromatic carbocycles. The van der Waals surface area contributed by atoms with Crippen LogP contribution in [0.15, 0.2) is 18.2 Å². The van der Waals surface area contributed by atoms with Crippen LogP contribution in [0.5, 0.6) is 0 Å². The van der Waals surface area contributed by atoms with E-state index in [1.54, 1.807) is 0 Å². The first kappa shape index (κ1) is 15.6. The lowest BCUT2D eigenvalue weighted by molar-refractivity contribution is -0.133. The first-order valence-electron chi connectivity index (χ1n) is 8.82. The SMILES string of the molecule is Cc1cc(C)cc([C@H](O)CN2C(=O)NC(C3CC3)(C3CC3)C2=O)c1. The van der Waals surface area contributed by atoms with Gasteiger partial charge >= 0.3 is 6.03 Å². The zero-order valence-corrected chi connectivity index (χ0v) is 14.2. The third-order valence-electron chi connectivity index (χ3n) is 5.58. The van der Waals surface area contributed by atoms with Gasteiger partial charge in [-0.2, -0.15) is 0 Å². The molecule has 1 atom stereocenters. The number of imide groups is 1. The van der Waals surface area contributed by atoms with Gasteiger partial charge in [0.2, 0.25) is 0 Å². The van der Waals surface area contributed by atoms with Gasteiger partial charge in [0.15, 0.2) is 0 Å². The van der Waals surface area contributed by atoms with E-state index in [1.807, 2.05) is 32.0 Å². The minimum absolute atomic E-state index is 0.0226. The molecule has 1 heterocycles. The van der Waals surface area contributed by atoms with Crippen LogP contribution in [0.2, 0.25) is 0 Å². The average molecular weight is 328 g/mol. The van der Waals surface area contributed by atoms with E-state index >= 15 is 0 Å². The zero-order chi connectivity index (χ0) is 17.1. The summed E-state index contributed by atoms with van der Waals surface area (Å²) in [4.78, 5) is 26.7. The summed E-state index contributed by atoms with van der Waals surface area (Å²) in [6.45, 7) is 3.97. The van der Waals surface area contributed by atoms with Crippen LogP contribution in [0.4, 0.5) is 4.79 Å². The number of nitrogens with zero attached hydrogens (tertiary/aromatic N) is 1. The maximum atomic E-state index is 13.0. The minimum Gasteiger partial charge on any atom is -0.387 e. The number of hydrogen-bond acceptors (Lipinski definition) is 3. The lowest BCUT2D eigenvalue weighted by Crippen LogP contribution is -2.51. The molecule has 5 heteroatoms. The number of carbonyl (C=O) groups is 2. The molecule has 24 heavy (non-hydrogen) atoms. The smallest absolute Gasteiger partial charge is 0.325 e. The number of aliphatic hydroxyl groups is 1. The Morgan fingerprint density at radius 1 is 1.12 bits per heavy atom. The fourth-order valence-corrected chi connectivity index (χ4v) is 4.22. The predicted molar refractivity (Wildman–Crippen MR) is 89.3 cm³/mol. The molecule has 3 fully saturated rings. The number of rotatable bonds is 5. The summed E-state index contributed by atoms with van der Waals surface area (Å²) in [6, 6.07) is 5.51. The van der Waals surface area contributed by atoms with Crippen LogP contribution in [0, 0.1) is 25.7 Å². The summed E-state index contributed by atoms with van der Waals surface area (Å²) in [5, 5.41) is 13.6. The molecular formula is C19H24N2O3. The van der Waals surface area contributed by atoms with E-state index in [4.69, 9.17) is 0 Å². The maximum Gasteiger partial charge on any atom is 0.325 e. The highest BCUT2D eigenvalue weighted by atomic mass is 16.3. The molecule has 3 aliphatic rings. The molecule has 1 saturated heterocycles. The summed E-state index contributed by atoms with van der Waals surface area (Å²) in [5.74, 6) is 0.440. The van der Waals surface area contributed by atoms with Gasteiger partial charge in [0, 0.05) is 0 Å². The zero-order valence-electron chi connectivity index (χ0n) is 14.2. The molecule has 1 aliphatic heterocycles. The van der Waals surface area contributed by atoms with Gasteiger partial charge in [-0.25, -0.2) is 4.79 Å². The van der Waals surface area contributed by atoms with Gasteiger partial charge in [0.25, 0.3) is 5.91 Å². The second-order valence-electron chi connectivity index (χ2n) is 7.70. The van der Waals surface area contributed by atoms with Crippen molar-refractivity contribution in [2.45, 2.75) is 51.2 Å². The Kier molecular flexibility index (Phi) is 3.46. The van der Waals surface area contributed by atoms with Crippen LogP contribution in [-0.4, -0.2) is 34.0 Å². The topological polar surface area (TPSA) is 69.6 Å². The summed E-state index contributed by atoms with van der Waals surface area (Å²) in [6.07, 6.45) is 3.19. The molecular weight excluding hydrogens is 304 g/mol. The van der Waals surface area contributed by atoms with Gasteiger partial charge in [0.05, 0.1) is 12.6 Å². The van der Waals surface area contributed by atoms with E-state index in [9.17, 15) is 14.7 Å². The molecule has 0 unspecified atom stereocenters. The van der Waals surface area contributed by atoms with Crippen molar-refractivity contribution in [2.24, 2.45) is 11.8 Å². The Labute approximate surface area is 142 Å². The second-order valence-corrected chi connectivity index (χ2v) is 7.70. The maximum absolute atomic E-state index is 13.0. The molecule has 3 amide bonds. The van der Waals surface area contributed by atoms with Crippen molar-refractivity contribution in [1.82, 2.24) is 10.2 Å². The lowest BCUT2D eigenvalue weighted by atomic mass is 9.87. The van der Waals surface area contributed by atoms with Crippen molar-refractivity contribution in [3.63, 3.8) is 0 Å². The van der Waals surface area contributed by atoms with Gasteiger partial charge < -0.3 is 10.4 Å². The van der Waals surface area contributed by atoms with Crippen molar-refractivity contribution < 1.29 is 14.7 Å². The number of aryl methyl sites for hydroxylation is 2. The molecule has 0 radical (unpaired) electrons. The molecule has 2 aliphatic carbocycles. The van der Waals surface area contributed by atoms with Crippen LogP contribution in [-0.2, 0) is 4.79 Å². The Bertz CT molecular complexity index is 674. The van der Waals surface area contributed by atoms with Crippen LogP contribution < -0.4 is 5.32 Å². The van der Waals surface area contributed by atoms with E-state index in [-0.39, 0.29) is 30.3 Å². The van der Waals surface area contributed by atoms with Crippen molar-refractivity contribution in [2.75, 3.05) is 6.54 Å². The molecule has 5 nitrogen and oxygen atoms in total. The summed E-state index contributed by atoms with van der Waals surface area (Å²) >= 11 is 0. The van der Waals surface area contributed by atoms with Crippen molar-refractivity contribution in [3.8, 4) is 0 Å². The normalized spacial score (nSPS) is 24.2. The number of carbonyl (C=O) groups excluding carboxylic acids is 2. The molecule has 1 aromatic rings. The number of amides is 3. The molecule has 2 N–H and O–H groups in total. The van der Waals surface area contributed by atoms with E-state index in [1.165, 1.54) is 4.90 Å². The highest BCUT2D eigenvalue weighted by molar-refractivity contribution is 6.08.